The molecular formula is C17H24O3S. The molecule has 21 heavy (non-hydrogen) atoms. The van der Waals surface area contributed by atoms with E-state index in [-0.39, 0.29) is 17.4 Å². The molecule has 0 radical (unpaired) electrons. The van der Waals surface area contributed by atoms with Crippen LogP contribution in [0.25, 0.3) is 0 Å². The van der Waals surface area contributed by atoms with Crippen LogP contribution in [-0.2, 0) is 14.3 Å². The highest BCUT2D eigenvalue weighted by Crippen LogP contribution is 2.19. The molecular weight excluding hydrogens is 284 g/mol. The Bertz CT molecular complexity index is 606. The van der Waals surface area contributed by atoms with Crippen molar-refractivity contribution in [3.05, 3.63) is 53.6 Å². The van der Waals surface area contributed by atoms with Crippen molar-refractivity contribution in [3.8, 4) is 0 Å². The van der Waals surface area contributed by atoms with Crippen LogP contribution in [0.2, 0.25) is 0 Å². The molecule has 4 heteroatoms. The Morgan fingerprint density at radius 1 is 1.24 bits per heavy atom. The van der Waals surface area contributed by atoms with Crippen molar-refractivity contribution in [2.24, 2.45) is 5.92 Å². The van der Waals surface area contributed by atoms with Gasteiger partial charge in [-0.05, 0) is 46.2 Å². The summed E-state index contributed by atoms with van der Waals surface area (Å²) >= 11 is 0. The summed E-state index contributed by atoms with van der Waals surface area (Å²) in [5, 5.41) is 0. The molecule has 1 rings (SSSR count). The van der Waals surface area contributed by atoms with Gasteiger partial charge in [-0.2, -0.15) is 8.42 Å². The van der Waals surface area contributed by atoms with E-state index >= 15 is 0 Å². The van der Waals surface area contributed by atoms with Crippen molar-refractivity contribution in [3.63, 3.8) is 0 Å². The third-order valence-electron chi connectivity index (χ3n) is 3.24. The van der Waals surface area contributed by atoms with Gasteiger partial charge in [0.15, 0.2) is 0 Å². The summed E-state index contributed by atoms with van der Waals surface area (Å²) in [6.45, 7) is 11.9. The van der Waals surface area contributed by atoms with Crippen molar-refractivity contribution in [2.75, 3.05) is 6.61 Å². The second-order valence-corrected chi connectivity index (χ2v) is 7.23. The van der Waals surface area contributed by atoms with Crippen molar-refractivity contribution in [1.29, 1.82) is 0 Å². The lowest BCUT2D eigenvalue weighted by molar-refractivity contribution is 0.274. The van der Waals surface area contributed by atoms with Crippen LogP contribution in [-0.4, -0.2) is 15.0 Å². The highest BCUT2D eigenvalue weighted by atomic mass is 32.2. The molecule has 0 saturated carbocycles. The number of allylic oxidation sites excluding steroid dienone is 2. The second-order valence-electron chi connectivity index (χ2n) is 5.61. The maximum Gasteiger partial charge on any atom is 0.296 e. The smallest absolute Gasteiger partial charge is 0.266 e. The molecule has 0 spiro atoms. The summed E-state index contributed by atoms with van der Waals surface area (Å²) in [4.78, 5) is 0.191. The molecule has 0 heterocycles. The van der Waals surface area contributed by atoms with E-state index in [1.165, 1.54) is 5.57 Å². The summed E-state index contributed by atoms with van der Waals surface area (Å²) < 4.78 is 29.5. The molecule has 0 bridgehead atoms. The van der Waals surface area contributed by atoms with Gasteiger partial charge in [0, 0.05) is 5.92 Å². The predicted molar refractivity (Wildman–Crippen MR) is 86.7 cm³/mol. The average Bonchev–Trinajstić information content (AvgIpc) is 2.38. The molecule has 3 nitrogen and oxygen atoms in total. The molecule has 0 amide bonds. The van der Waals surface area contributed by atoms with Crippen LogP contribution in [0.1, 0.15) is 32.8 Å². The fourth-order valence-corrected chi connectivity index (χ4v) is 2.68. The monoisotopic (exact) mass is 308 g/mol. The van der Waals surface area contributed by atoms with Crippen LogP contribution in [0.5, 0.6) is 0 Å². The molecule has 1 atom stereocenters. The Kier molecular flexibility index (Phi) is 6.37. The van der Waals surface area contributed by atoms with Crippen LogP contribution < -0.4 is 0 Å². The maximum absolute atomic E-state index is 12.1. The van der Waals surface area contributed by atoms with Crippen LogP contribution in [0.4, 0.5) is 0 Å². The minimum atomic E-state index is -3.71. The Labute approximate surface area is 128 Å². The topological polar surface area (TPSA) is 43.4 Å². The van der Waals surface area contributed by atoms with Crippen molar-refractivity contribution >= 4 is 10.1 Å². The first kappa shape index (κ1) is 17.7. The lowest BCUT2D eigenvalue weighted by Gasteiger charge is -2.15. The molecule has 1 aromatic carbocycles. The maximum atomic E-state index is 12.1. The average molecular weight is 308 g/mol. The largest absolute Gasteiger partial charge is 0.296 e. The first-order valence-electron chi connectivity index (χ1n) is 6.97. The Balaban J connectivity index is 2.76. The fraction of sp³-hybridized carbons (Fsp3) is 0.412. The van der Waals surface area contributed by atoms with Crippen LogP contribution in [0.3, 0.4) is 0 Å². The number of hydrogen-bond acceptors (Lipinski definition) is 3. The van der Waals surface area contributed by atoms with Crippen LogP contribution in [0.15, 0.2) is 53.0 Å². The molecule has 0 aliphatic rings. The van der Waals surface area contributed by atoms with Crippen LogP contribution >= 0.6 is 0 Å². The Morgan fingerprint density at radius 2 is 1.81 bits per heavy atom. The zero-order valence-electron chi connectivity index (χ0n) is 13.2. The van der Waals surface area contributed by atoms with Gasteiger partial charge in [0.1, 0.15) is 0 Å². The number of hydrogen-bond donors (Lipinski definition) is 0. The molecule has 0 fully saturated rings. The van der Waals surface area contributed by atoms with E-state index in [2.05, 4.69) is 12.7 Å². The minimum absolute atomic E-state index is 0.000114. The van der Waals surface area contributed by atoms with Gasteiger partial charge in [-0.3, -0.25) is 4.18 Å². The predicted octanol–water partition coefficient (Wildman–Crippen LogP) is 4.25. The zero-order chi connectivity index (χ0) is 16.0. The lowest BCUT2D eigenvalue weighted by atomic mass is 9.98. The van der Waals surface area contributed by atoms with Gasteiger partial charge < -0.3 is 0 Å². The molecule has 0 aliphatic heterocycles. The third-order valence-corrected chi connectivity index (χ3v) is 4.54. The van der Waals surface area contributed by atoms with E-state index < -0.39 is 10.1 Å². The summed E-state index contributed by atoms with van der Waals surface area (Å²) in [6, 6.07) is 6.65. The highest BCUT2D eigenvalue weighted by molar-refractivity contribution is 7.86. The molecule has 0 N–H and O–H groups in total. The standard InChI is InChI=1S/C17H24O3S/c1-13(2)6-9-16(14(3)4)12-20-21(18,19)17-10-7-15(5)8-11-17/h6-8,10-11,16H,3,9,12H2,1-2,4-5H3. The van der Waals surface area contributed by atoms with Crippen LogP contribution in [0, 0.1) is 12.8 Å². The molecule has 116 valence electrons. The second kappa shape index (κ2) is 7.57. The molecule has 1 unspecified atom stereocenters. The third kappa shape index (κ3) is 5.86. The fourth-order valence-electron chi connectivity index (χ4n) is 1.73. The summed E-state index contributed by atoms with van der Waals surface area (Å²) in [6.07, 6.45) is 2.81. The zero-order valence-corrected chi connectivity index (χ0v) is 14.0. The molecule has 0 aliphatic carbocycles. The quantitative estimate of drug-likeness (QED) is 0.558. The summed E-state index contributed by atoms with van der Waals surface area (Å²) in [5.74, 6) is 0.000114. The van der Waals surface area contributed by atoms with Crippen molar-refractivity contribution in [2.45, 2.75) is 39.0 Å². The van der Waals surface area contributed by atoms with Gasteiger partial charge in [0.2, 0.25) is 0 Å². The summed E-state index contributed by atoms with van der Waals surface area (Å²) in [5.41, 5.74) is 3.13. The number of benzene rings is 1. The van der Waals surface area contributed by atoms with E-state index in [4.69, 9.17) is 4.18 Å². The SMILES string of the molecule is C=C(C)C(CC=C(C)C)COS(=O)(=O)c1ccc(C)cc1. The highest BCUT2D eigenvalue weighted by Gasteiger charge is 2.18. The molecule has 0 aromatic heterocycles. The van der Waals surface area contributed by atoms with E-state index in [1.54, 1.807) is 24.3 Å². The van der Waals surface area contributed by atoms with Gasteiger partial charge in [-0.15, -0.1) is 0 Å². The Morgan fingerprint density at radius 3 is 2.29 bits per heavy atom. The van der Waals surface area contributed by atoms with E-state index in [1.807, 2.05) is 27.7 Å². The van der Waals surface area contributed by atoms with Gasteiger partial charge >= 0.3 is 0 Å². The van der Waals surface area contributed by atoms with Crippen molar-refractivity contribution < 1.29 is 12.6 Å². The Hall–Kier alpha value is -1.39. The van der Waals surface area contributed by atoms with Gasteiger partial charge in [0.25, 0.3) is 10.1 Å². The lowest BCUT2D eigenvalue weighted by Crippen LogP contribution is -2.15. The van der Waals surface area contributed by atoms with Gasteiger partial charge in [0.05, 0.1) is 11.5 Å². The molecule has 0 saturated heterocycles. The first-order chi connectivity index (χ1) is 9.72. The van der Waals surface area contributed by atoms with Gasteiger partial charge in [-0.25, -0.2) is 0 Å². The van der Waals surface area contributed by atoms with E-state index in [0.29, 0.717) is 0 Å². The number of rotatable bonds is 7. The normalized spacial score (nSPS) is 12.8. The first-order valence-corrected chi connectivity index (χ1v) is 8.38. The van der Waals surface area contributed by atoms with Crippen molar-refractivity contribution in [1.82, 2.24) is 0 Å². The number of aryl methyl sites for hydroxylation is 1. The van der Waals surface area contributed by atoms with E-state index in [9.17, 15) is 8.42 Å². The molecule has 1 aromatic rings. The summed E-state index contributed by atoms with van der Waals surface area (Å²) in [7, 11) is -3.71. The minimum Gasteiger partial charge on any atom is -0.266 e. The van der Waals surface area contributed by atoms with Gasteiger partial charge in [-0.1, -0.05) is 41.5 Å². The van der Waals surface area contributed by atoms with E-state index in [0.717, 1.165) is 17.6 Å².